The predicted octanol–water partition coefficient (Wildman–Crippen LogP) is 5.12. The molecule has 3 aromatic heterocycles. The number of nitrogens with zero attached hydrogens (tertiary/aromatic N) is 2. The average Bonchev–Trinajstić information content (AvgIpc) is 3.24. The Balaban J connectivity index is 1.60. The van der Waals surface area contributed by atoms with Crippen molar-refractivity contribution in [2.45, 2.75) is 0 Å². The van der Waals surface area contributed by atoms with E-state index in [2.05, 4.69) is 22.1 Å². The van der Waals surface area contributed by atoms with E-state index in [1.54, 1.807) is 17.6 Å². The van der Waals surface area contributed by atoms with Crippen LogP contribution < -0.4 is 0 Å². The van der Waals surface area contributed by atoms with Gasteiger partial charge in [0.15, 0.2) is 10.8 Å². The van der Waals surface area contributed by atoms with Crippen molar-refractivity contribution in [3.63, 3.8) is 0 Å². The summed E-state index contributed by atoms with van der Waals surface area (Å²) in [4.78, 5) is 9.16. The highest BCUT2D eigenvalue weighted by Crippen LogP contribution is 2.24. The summed E-state index contributed by atoms with van der Waals surface area (Å²) in [5.41, 5.74) is 2.83. The number of aromatic nitrogens is 2. The van der Waals surface area contributed by atoms with E-state index < -0.39 is 0 Å². The maximum Gasteiger partial charge on any atom is 0.162 e. The van der Waals surface area contributed by atoms with Crippen LogP contribution in [0.15, 0.2) is 64.6 Å². The Labute approximate surface area is 131 Å². The number of thiazole rings is 1. The second-order valence-corrected chi connectivity index (χ2v) is 5.68. The van der Waals surface area contributed by atoms with E-state index in [-0.39, 0.29) is 0 Å². The van der Waals surface area contributed by atoms with Crippen LogP contribution in [0.25, 0.3) is 33.8 Å². The molecule has 22 heavy (non-hydrogen) atoms. The summed E-state index contributed by atoms with van der Waals surface area (Å²) in [5.74, 6) is 0.800. The molecule has 0 unspecified atom stereocenters. The molecule has 0 atom stereocenters. The van der Waals surface area contributed by atoms with Gasteiger partial charge in [0.25, 0.3) is 0 Å². The topological polar surface area (TPSA) is 38.9 Å². The molecular formula is C18H12N2OS. The quantitative estimate of drug-likeness (QED) is 0.527. The molecule has 0 spiro atoms. The summed E-state index contributed by atoms with van der Waals surface area (Å²) in [7, 11) is 0. The minimum absolute atomic E-state index is 0.800. The van der Waals surface area contributed by atoms with Gasteiger partial charge in [-0.1, -0.05) is 24.3 Å². The van der Waals surface area contributed by atoms with Crippen molar-refractivity contribution in [1.29, 1.82) is 0 Å². The van der Waals surface area contributed by atoms with E-state index in [0.717, 1.165) is 33.1 Å². The maximum absolute atomic E-state index is 5.36. The highest BCUT2D eigenvalue weighted by molar-refractivity contribution is 7.13. The van der Waals surface area contributed by atoms with Crippen molar-refractivity contribution >= 4 is 34.4 Å². The van der Waals surface area contributed by atoms with E-state index in [0.29, 0.717) is 0 Å². The van der Waals surface area contributed by atoms with Crippen molar-refractivity contribution in [3.05, 3.63) is 71.6 Å². The fourth-order valence-electron chi connectivity index (χ4n) is 2.22. The zero-order chi connectivity index (χ0) is 14.8. The summed E-state index contributed by atoms with van der Waals surface area (Å²) < 4.78 is 5.36. The third kappa shape index (κ3) is 2.56. The lowest BCUT2D eigenvalue weighted by Gasteiger charge is -1.97. The molecule has 0 saturated heterocycles. The molecule has 1 aromatic carbocycles. The first kappa shape index (κ1) is 13.0. The van der Waals surface area contributed by atoms with Gasteiger partial charge in [-0.3, -0.25) is 0 Å². The first-order valence-electron chi connectivity index (χ1n) is 6.92. The van der Waals surface area contributed by atoms with Gasteiger partial charge in [-0.05, 0) is 36.4 Å². The largest absolute Gasteiger partial charge is 0.462 e. The molecule has 106 valence electrons. The smallest absolute Gasteiger partial charge is 0.162 e. The highest BCUT2D eigenvalue weighted by Gasteiger charge is 2.05. The summed E-state index contributed by atoms with van der Waals surface area (Å²) in [6.45, 7) is 0. The first-order chi connectivity index (χ1) is 10.9. The Hall–Kier alpha value is -2.72. The first-order valence-corrected chi connectivity index (χ1v) is 7.80. The van der Waals surface area contributed by atoms with Crippen molar-refractivity contribution in [3.8, 4) is 10.8 Å². The maximum atomic E-state index is 5.36. The number of hydrogen-bond donors (Lipinski definition) is 0. The summed E-state index contributed by atoms with van der Waals surface area (Å²) in [6, 6.07) is 16.0. The van der Waals surface area contributed by atoms with Gasteiger partial charge >= 0.3 is 0 Å². The molecule has 3 nitrogen and oxygen atoms in total. The van der Waals surface area contributed by atoms with E-state index in [1.807, 2.05) is 53.9 Å². The second-order valence-electron chi connectivity index (χ2n) is 4.82. The number of para-hydroxylation sites is 1. The minimum Gasteiger partial charge on any atom is -0.462 e. The van der Waals surface area contributed by atoms with Crippen molar-refractivity contribution in [2.24, 2.45) is 0 Å². The standard InChI is InChI=1S/C18H12N2OS/c1-2-5-16-13(4-1)7-8-14(19-16)9-10-15-12-22-18(20-15)17-6-3-11-21-17/h1-12H/b10-9+. The van der Waals surface area contributed by atoms with E-state index in [4.69, 9.17) is 4.42 Å². The zero-order valence-electron chi connectivity index (χ0n) is 11.6. The molecule has 0 bridgehead atoms. The van der Waals surface area contributed by atoms with Crippen LogP contribution in [0.1, 0.15) is 11.4 Å². The van der Waals surface area contributed by atoms with Gasteiger partial charge < -0.3 is 4.42 Å². The van der Waals surface area contributed by atoms with Crippen LogP contribution in [0, 0.1) is 0 Å². The summed E-state index contributed by atoms with van der Waals surface area (Å²) in [6.07, 6.45) is 5.61. The lowest BCUT2D eigenvalue weighted by molar-refractivity contribution is 0.582. The third-order valence-electron chi connectivity index (χ3n) is 3.30. The van der Waals surface area contributed by atoms with Crippen molar-refractivity contribution < 1.29 is 4.42 Å². The molecule has 0 saturated carbocycles. The van der Waals surface area contributed by atoms with Crippen molar-refractivity contribution in [2.75, 3.05) is 0 Å². The molecule has 0 radical (unpaired) electrons. The molecule has 4 aromatic rings. The summed E-state index contributed by atoms with van der Waals surface area (Å²) >= 11 is 1.57. The van der Waals surface area contributed by atoms with Gasteiger partial charge in [0, 0.05) is 10.8 Å². The third-order valence-corrected chi connectivity index (χ3v) is 4.17. The van der Waals surface area contributed by atoms with Gasteiger partial charge in [-0.15, -0.1) is 11.3 Å². The molecule has 0 aliphatic rings. The molecule has 0 fully saturated rings. The molecule has 0 amide bonds. The van der Waals surface area contributed by atoms with Crippen molar-refractivity contribution in [1.82, 2.24) is 9.97 Å². The Bertz CT molecular complexity index is 939. The molecule has 0 aliphatic heterocycles. The lowest BCUT2D eigenvalue weighted by atomic mass is 10.2. The highest BCUT2D eigenvalue weighted by atomic mass is 32.1. The van der Waals surface area contributed by atoms with Crippen LogP contribution >= 0.6 is 11.3 Å². The molecule has 0 aliphatic carbocycles. The molecule has 0 N–H and O–H groups in total. The number of hydrogen-bond acceptors (Lipinski definition) is 4. The fourth-order valence-corrected chi connectivity index (χ4v) is 2.98. The van der Waals surface area contributed by atoms with Crippen LogP contribution in [-0.2, 0) is 0 Å². The van der Waals surface area contributed by atoms with Crippen LogP contribution in [-0.4, -0.2) is 9.97 Å². The van der Waals surface area contributed by atoms with E-state index in [1.165, 1.54) is 0 Å². The van der Waals surface area contributed by atoms with Crippen LogP contribution in [0.2, 0.25) is 0 Å². The van der Waals surface area contributed by atoms with Gasteiger partial charge in [0.05, 0.1) is 23.2 Å². The van der Waals surface area contributed by atoms with Gasteiger partial charge in [0.2, 0.25) is 0 Å². The number of benzene rings is 1. The molecule has 4 rings (SSSR count). The second kappa shape index (κ2) is 5.58. The normalized spacial score (nSPS) is 11.5. The minimum atomic E-state index is 0.800. The van der Waals surface area contributed by atoms with E-state index >= 15 is 0 Å². The molecular weight excluding hydrogens is 292 g/mol. The molecule has 4 heteroatoms. The predicted molar refractivity (Wildman–Crippen MR) is 90.5 cm³/mol. The number of pyridine rings is 1. The van der Waals surface area contributed by atoms with Crippen LogP contribution in [0.4, 0.5) is 0 Å². The summed E-state index contributed by atoms with van der Waals surface area (Å²) in [5, 5.41) is 4.04. The fraction of sp³-hybridized carbons (Fsp3) is 0. The average molecular weight is 304 g/mol. The zero-order valence-corrected chi connectivity index (χ0v) is 12.5. The lowest BCUT2D eigenvalue weighted by Crippen LogP contribution is -1.82. The number of furan rings is 1. The number of rotatable bonds is 3. The Morgan fingerprint density at radius 2 is 1.77 bits per heavy atom. The Kier molecular flexibility index (Phi) is 3.29. The monoisotopic (exact) mass is 304 g/mol. The van der Waals surface area contributed by atoms with Crippen LogP contribution in [0.5, 0.6) is 0 Å². The van der Waals surface area contributed by atoms with Crippen LogP contribution in [0.3, 0.4) is 0 Å². The molecule has 3 heterocycles. The van der Waals surface area contributed by atoms with Gasteiger partial charge in [-0.25, -0.2) is 9.97 Å². The van der Waals surface area contributed by atoms with E-state index in [9.17, 15) is 0 Å². The van der Waals surface area contributed by atoms with Gasteiger partial charge in [-0.2, -0.15) is 0 Å². The number of fused-ring (bicyclic) bond motifs is 1. The SMILES string of the molecule is C(=C\c1ccc2ccccc2n1)/c1csc(-c2ccco2)n1. The Morgan fingerprint density at radius 1 is 0.864 bits per heavy atom. The van der Waals surface area contributed by atoms with Gasteiger partial charge in [0.1, 0.15) is 0 Å². The Morgan fingerprint density at radius 3 is 2.68 bits per heavy atom.